The molecule has 0 saturated heterocycles. The number of carboxylic acids is 1. The lowest BCUT2D eigenvalue weighted by molar-refractivity contribution is -0.138. The average Bonchev–Trinajstić information content (AvgIpc) is 2.72. The van der Waals surface area contributed by atoms with E-state index in [0.29, 0.717) is 22.9 Å². The standard InChI is InChI=1S/C22H26N2O5/c1-4-14(2)18-7-5-6-8-19(18)29-13-20(25)24-17-11-9-16(10-12-17)21(26)23-15(3)22(27)28/h5-12,14-15H,4,13H2,1-3H3,(H,23,26)(H,24,25)(H,27,28). The number of aliphatic carboxylic acids is 1. The van der Waals surface area contributed by atoms with E-state index in [1.165, 1.54) is 19.1 Å². The molecule has 0 aromatic heterocycles. The number of nitrogens with one attached hydrogen (secondary N) is 2. The summed E-state index contributed by atoms with van der Waals surface area (Å²) >= 11 is 0. The minimum atomic E-state index is -1.11. The summed E-state index contributed by atoms with van der Waals surface area (Å²) in [5.41, 5.74) is 1.88. The molecule has 0 saturated carbocycles. The molecule has 0 aliphatic heterocycles. The Bertz CT molecular complexity index is 864. The number of carboxylic acid groups (broad SMARTS) is 1. The highest BCUT2D eigenvalue weighted by atomic mass is 16.5. The SMILES string of the molecule is CCC(C)c1ccccc1OCC(=O)Nc1ccc(C(=O)NC(C)C(=O)O)cc1. The van der Waals surface area contributed by atoms with Crippen molar-refractivity contribution in [2.24, 2.45) is 0 Å². The summed E-state index contributed by atoms with van der Waals surface area (Å²) < 4.78 is 5.69. The van der Waals surface area contributed by atoms with Crippen molar-refractivity contribution in [1.29, 1.82) is 0 Å². The second kappa shape index (κ2) is 10.3. The van der Waals surface area contributed by atoms with E-state index in [2.05, 4.69) is 24.5 Å². The van der Waals surface area contributed by atoms with Gasteiger partial charge in [0, 0.05) is 11.3 Å². The lowest BCUT2D eigenvalue weighted by atomic mass is 9.98. The van der Waals surface area contributed by atoms with Gasteiger partial charge in [-0.15, -0.1) is 0 Å². The van der Waals surface area contributed by atoms with Crippen molar-refractivity contribution in [3.8, 4) is 5.75 Å². The van der Waals surface area contributed by atoms with Gasteiger partial charge in [0.25, 0.3) is 11.8 Å². The highest BCUT2D eigenvalue weighted by Crippen LogP contribution is 2.28. The summed E-state index contributed by atoms with van der Waals surface area (Å²) in [4.78, 5) is 35.0. The molecule has 0 aliphatic rings. The number of hydrogen-bond donors (Lipinski definition) is 3. The van der Waals surface area contributed by atoms with E-state index in [1.54, 1.807) is 12.1 Å². The maximum atomic E-state index is 12.2. The molecule has 0 aliphatic carbocycles. The fourth-order valence-corrected chi connectivity index (χ4v) is 2.63. The van der Waals surface area contributed by atoms with Crippen LogP contribution in [0.2, 0.25) is 0 Å². The van der Waals surface area contributed by atoms with Gasteiger partial charge in [-0.1, -0.05) is 32.0 Å². The smallest absolute Gasteiger partial charge is 0.325 e. The van der Waals surface area contributed by atoms with E-state index in [9.17, 15) is 14.4 Å². The van der Waals surface area contributed by atoms with Gasteiger partial charge in [0.15, 0.2) is 6.61 Å². The Hall–Kier alpha value is -3.35. The van der Waals surface area contributed by atoms with Gasteiger partial charge in [-0.25, -0.2) is 0 Å². The van der Waals surface area contributed by atoms with Crippen molar-refractivity contribution in [2.45, 2.75) is 39.2 Å². The molecule has 29 heavy (non-hydrogen) atoms. The van der Waals surface area contributed by atoms with Crippen LogP contribution in [0.1, 0.15) is 49.0 Å². The van der Waals surface area contributed by atoms with Gasteiger partial charge in [0.05, 0.1) is 0 Å². The highest BCUT2D eigenvalue weighted by molar-refractivity contribution is 5.97. The molecule has 7 heteroatoms. The first kappa shape index (κ1) is 21.9. The van der Waals surface area contributed by atoms with Crippen LogP contribution in [0.5, 0.6) is 5.75 Å². The maximum Gasteiger partial charge on any atom is 0.325 e. The van der Waals surface area contributed by atoms with Crippen molar-refractivity contribution in [1.82, 2.24) is 5.32 Å². The molecule has 7 nitrogen and oxygen atoms in total. The molecule has 3 N–H and O–H groups in total. The highest BCUT2D eigenvalue weighted by Gasteiger charge is 2.15. The number of carbonyl (C=O) groups excluding carboxylic acids is 2. The number of hydrogen-bond acceptors (Lipinski definition) is 4. The van der Waals surface area contributed by atoms with Gasteiger partial charge in [-0.3, -0.25) is 14.4 Å². The molecule has 2 aromatic rings. The number of amides is 2. The summed E-state index contributed by atoms with van der Waals surface area (Å²) in [7, 11) is 0. The van der Waals surface area contributed by atoms with Gasteiger partial charge in [-0.05, 0) is 55.2 Å². The third-order valence-electron chi connectivity index (χ3n) is 4.57. The molecular weight excluding hydrogens is 372 g/mol. The van der Waals surface area contributed by atoms with Crippen molar-refractivity contribution in [3.05, 3.63) is 59.7 Å². The molecule has 154 valence electrons. The summed E-state index contributed by atoms with van der Waals surface area (Å²) in [6, 6.07) is 12.8. The Kier molecular flexibility index (Phi) is 7.77. The number of para-hydroxylation sites is 1. The van der Waals surface area contributed by atoms with E-state index < -0.39 is 17.9 Å². The maximum absolute atomic E-state index is 12.2. The Labute approximate surface area is 170 Å². The predicted octanol–water partition coefficient (Wildman–Crippen LogP) is 3.42. The Balaban J connectivity index is 1.92. The fraction of sp³-hybridized carbons (Fsp3) is 0.318. The van der Waals surface area contributed by atoms with Crippen LogP contribution in [0.4, 0.5) is 5.69 Å². The first-order valence-electron chi connectivity index (χ1n) is 9.47. The van der Waals surface area contributed by atoms with Crippen LogP contribution in [0.15, 0.2) is 48.5 Å². The summed E-state index contributed by atoms with van der Waals surface area (Å²) in [5.74, 6) is -0.908. The zero-order valence-electron chi connectivity index (χ0n) is 16.8. The third-order valence-corrected chi connectivity index (χ3v) is 4.57. The molecule has 2 rings (SSSR count). The lowest BCUT2D eigenvalue weighted by Gasteiger charge is -2.15. The number of carbonyl (C=O) groups is 3. The zero-order valence-corrected chi connectivity index (χ0v) is 16.8. The van der Waals surface area contributed by atoms with Gasteiger partial charge < -0.3 is 20.5 Å². The molecule has 2 amide bonds. The van der Waals surface area contributed by atoms with E-state index in [0.717, 1.165) is 12.0 Å². The van der Waals surface area contributed by atoms with Crippen LogP contribution in [0.25, 0.3) is 0 Å². The van der Waals surface area contributed by atoms with E-state index in [1.807, 2.05) is 24.3 Å². The normalized spacial score (nSPS) is 12.5. The van der Waals surface area contributed by atoms with Crippen molar-refractivity contribution >= 4 is 23.5 Å². The van der Waals surface area contributed by atoms with E-state index >= 15 is 0 Å². The molecule has 0 heterocycles. The molecule has 0 fully saturated rings. The molecule has 0 spiro atoms. The number of ether oxygens (including phenoxy) is 1. The van der Waals surface area contributed by atoms with E-state index in [-0.39, 0.29) is 12.5 Å². The van der Waals surface area contributed by atoms with Crippen molar-refractivity contribution in [2.75, 3.05) is 11.9 Å². The first-order valence-corrected chi connectivity index (χ1v) is 9.47. The minimum Gasteiger partial charge on any atom is -0.483 e. The Morgan fingerprint density at radius 1 is 1.03 bits per heavy atom. The van der Waals surface area contributed by atoms with Crippen molar-refractivity contribution in [3.63, 3.8) is 0 Å². The summed E-state index contributed by atoms with van der Waals surface area (Å²) in [6.45, 7) is 5.46. The molecule has 0 bridgehead atoms. The predicted molar refractivity (Wildman–Crippen MR) is 110 cm³/mol. The second-order valence-corrected chi connectivity index (χ2v) is 6.79. The van der Waals surface area contributed by atoms with Crippen LogP contribution in [0, 0.1) is 0 Å². The van der Waals surface area contributed by atoms with Crippen LogP contribution in [-0.4, -0.2) is 35.5 Å². The van der Waals surface area contributed by atoms with Crippen LogP contribution >= 0.6 is 0 Å². The molecular formula is C22H26N2O5. The zero-order chi connectivity index (χ0) is 21.4. The van der Waals surface area contributed by atoms with E-state index in [4.69, 9.17) is 9.84 Å². The molecule has 2 atom stereocenters. The Morgan fingerprint density at radius 3 is 2.31 bits per heavy atom. The van der Waals surface area contributed by atoms with Crippen molar-refractivity contribution < 1.29 is 24.2 Å². The summed E-state index contributed by atoms with van der Waals surface area (Å²) in [5, 5.41) is 13.9. The second-order valence-electron chi connectivity index (χ2n) is 6.79. The average molecular weight is 398 g/mol. The van der Waals surface area contributed by atoms with Gasteiger partial charge in [0.1, 0.15) is 11.8 Å². The first-order chi connectivity index (χ1) is 13.8. The summed E-state index contributed by atoms with van der Waals surface area (Å²) in [6.07, 6.45) is 0.970. The molecule has 2 aromatic carbocycles. The molecule has 0 radical (unpaired) electrons. The van der Waals surface area contributed by atoms with Gasteiger partial charge in [-0.2, -0.15) is 0 Å². The third kappa shape index (κ3) is 6.34. The Morgan fingerprint density at radius 2 is 1.69 bits per heavy atom. The van der Waals surface area contributed by atoms with Crippen LogP contribution < -0.4 is 15.4 Å². The van der Waals surface area contributed by atoms with Gasteiger partial charge in [0.2, 0.25) is 0 Å². The fourth-order valence-electron chi connectivity index (χ4n) is 2.63. The van der Waals surface area contributed by atoms with Gasteiger partial charge >= 0.3 is 5.97 Å². The number of anilines is 1. The largest absolute Gasteiger partial charge is 0.483 e. The van der Waals surface area contributed by atoms with Crippen LogP contribution in [0.3, 0.4) is 0 Å². The van der Waals surface area contributed by atoms with Crippen LogP contribution in [-0.2, 0) is 9.59 Å². The minimum absolute atomic E-state index is 0.133. The molecule has 2 unspecified atom stereocenters. The monoisotopic (exact) mass is 398 g/mol. The quantitative estimate of drug-likeness (QED) is 0.600. The topological polar surface area (TPSA) is 105 Å². The number of rotatable bonds is 9. The lowest BCUT2D eigenvalue weighted by Crippen LogP contribution is -2.38. The number of benzene rings is 2.